The van der Waals surface area contributed by atoms with Gasteiger partial charge in [-0.05, 0) is 25.7 Å². The SMILES string of the molecule is CCCCCNC(=NC)NCCCC(=O)NC1CC1.I. The Morgan fingerprint density at radius 3 is 2.35 bits per heavy atom. The molecule has 1 aliphatic carbocycles. The van der Waals surface area contributed by atoms with E-state index in [2.05, 4.69) is 27.9 Å². The summed E-state index contributed by atoms with van der Waals surface area (Å²) in [6.07, 6.45) is 7.37. The van der Waals surface area contributed by atoms with Crippen LogP contribution in [0.3, 0.4) is 0 Å². The molecule has 1 amide bonds. The second-order valence-corrected chi connectivity index (χ2v) is 5.08. The average molecular weight is 396 g/mol. The molecule has 0 spiro atoms. The molecule has 1 rings (SSSR count). The fourth-order valence-electron chi connectivity index (χ4n) is 1.79. The van der Waals surface area contributed by atoms with Crippen LogP contribution in [0, 0.1) is 0 Å². The fraction of sp³-hybridized carbons (Fsp3) is 0.857. The first-order valence-electron chi connectivity index (χ1n) is 7.50. The van der Waals surface area contributed by atoms with Crippen molar-refractivity contribution in [3.8, 4) is 0 Å². The van der Waals surface area contributed by atoms with Gasteiger partial charge in [0.15, 0.2) is 5.96 Å². The largest absolute Gasteiger partial charge is 0.356 e. The van der Waals surface area contributed by atoms with Crippen LogP contribution in [-0.4, -0.2) is 38.0 Å². The number of guanidine groups is 1. The van der Waals surface area contributed by atoms with E-state index in [-0.39, 0.29) is 29.9 Å². The number of amides is 1. The number of rotatable bonds is 9. The average Bonchev–Trinajstić information content (AvgIpc) is 3.20. The predicted octanol–water partition coefficient (Wildman–Crippen LogP) is 2.02. The third-order valence-electron chi connectivity index (χ3n) is 3.11. The highest BCUT2D eigenvalue weighted by Crippen LogP contribution is 2.18. The summed E-state index contributed by atoms with van der Waals surface area (Å²) in [5.41, 5.74) is 0. The van der Waals surface area contributed by atoms with Crippen LogP contribution >= 0.6 is 24.0 Å². The Morgan fingerprint density at radius 1 is 1.15 bits per heavy atom. The van der Waals surface area contributed by atoms with Gasteiger partial charge in [0.25, 0.3) is 0 Å². The lowest BCUT2D eigenvalue weighted by Gasteiger charge is -2.11. The Hall–Kier alpha value is -0.530. The third-order valence-corrected chi connectivity index (χ3v) is 3.11. The zero-order valence-corrected chi connectivity index (χ0v) is 15.0. The van der Waals surface area contributed by atoms with Gasteiger partial charge >= 0.3 is 0 Å². The molecule has 0 unspecified atom stereocenters. The maximum absolute atomic E-state index is 11.5. The van der Waals surface area contributed by atoms with Crippen molar-refractivity contribution in [1.82, 2.24) is 16.0 Å². The molecule has 0 heterocycles. The zero-order valence-electron chi connectivity index (χ0n) is 12.7. The first-order chi connectivity index (χ1) is 9.26. The van der Waals surface area contributed by atoms with Gasteiger partial charge in [-0.1, -0.05) is 19.8 Å². The number of nitrogens with zero attached hydrogens (tertiary/aromatic N) is 1. The molecule has 1 fully saturated rings. The Bertz CT molecular complexity index is 293. The van der Waals surface area contributed by atoms with Crippen LogP contribution in [0.5, 0.6) is 0 Å². The Kier molecular flexibility index (Phi) is 11.9. The first kappa shape index (κ1) is 19.5. The number of nitrogens with one attached hydrogen (secondary N) is 3. The topological polar surface area (TPSA) is 65.5 Å². The summed E-state index contributed by atoms with van der Waals surface area (Å²) < 4.78 is 0. The number of hydrogen-bond acceptors (Lipinski definition) is 2. The van der Waals surface area contributed by atoms with Gasteiger partial charge in [0.2, 0.25) is 5.91 Å². The number of hydrogen-bond donors (Lipinski definition) is 3. The van der Waals surface area contributed by atoms with Crippen molar-refractivity contribution >= 4 is 35.8 Å². The van der Waals surface area contributed by atoms with Crippen LogP contribution < -0.4 is 16.0 Å². The molecule has 0 saturated heterocycles. The summed E-state index contributed by atoms with van der Waals surface area (Å²) in [6.45, 7) is 3.93. The van der Waals surface area contributed by atoms with Crippen molar-refractivity contribution < 1.29 is 4.79 Å². The molecule has 0 bridgehead atoms. The lowest BCUT2D eigenvalue weighted by atomic mass is 10.2. The van der Waals surface area contributed by atoms with Crippen LogP contribution in [-0.2, 0) is 4.79 Å². The number of carbonyl (C=O) groups is 1. The van der Waals surface area contributed by atoms with Gasteiger partial charge in [0.05, 0.1) is 0 Å². The van der Waals surface area contributed by atoms with E-state index in [1.54, 1.807) is 7.05 Å². The minimum atomic E-state index is 0. The standard InChI is InChI=1S/C14H28N4O.HI/c1-3-4-5-10-16-14(15-2)17-11-6-7-13(19)18-12-8-9-12;/h12H,3-11H2,1-2H3,(H,18,19)(H2,15,16,17);1H. The number of halogens is 1. The molecule has 118 valence electrons. The van der Waals surface area contributed by atoms with E-state index >= 15 is 0 Å². The molecule has 3 N–H and O–H groups in total. The lowest BCUT2D eigenvalue weighted by Crippen LogP contribution is -2.38. The molecule has 1 saturated carbocycles. The minimum absolute atomic E-state index is 0. The Balaban J connectivity index is 0.00000361. The smallest absolute Gasteiger partial charge is 0.220 e. The maximum atomic E-state index is 11.5. The van der Waals surface area contributed by atoms with E-state index in [9.17, 15) is 4.79 Å². The van der Waals surface area contributed by atoms with Crippen LogP contribution in [0.2, 0.25) is 0 Å². The molecule has 0 aliphatic heterocycles. The van der Waals surface area contributed by atoms with Gasteiger partial charge in [0, 0.05) is 32.6 Å². The molecule has 0 aromatic carbocycles. The van der Waals surface area contributed by atoms with E-state index in [0.29, 0.717) is 12.5 Å². The molecule has 6 heteroatoms. The van der Waals surface area contributed by atoms with Crippen molar-refractivity contribution in [2.45, 2.75) is 57.9 Å². The summed E-state index contributed by atoms with van der Waals surface area (Å²) in [5.74, 6) is 1.01. The number of carbonyl (C=O) groups excluding carboxylic acids is 1. The van der Waals surface area contributed by atoms with Crippen LogP contribution in [0.1, 0.15) is 51.9 Å². The van der Waals surface area contributed by atoms with Crippen molar-refractivity contribution in [3.05, 3.63) is 0 Å². The van der Waals surface area contributed by atoms with Crippen molar-refractivity contribution in [2.24, 2.45) is 4.99 Å². The van der Waals surface area contributed by atoms with Gasteiger partial charge in [-0.25, -0.2) is 0 Å². The van der Waals surface area contributed by atoms with Crippen LogP contribution in [0.15, 0.2) is 4.99 Å². The summed E-state index contributed by atoms with van der Waals surface area (Å²) in [6, 6.07) is 0.466. The van der Waals surface area contributed by atoms with Crippen molar-refractivity contribution in [1.29, 1.82) is 0 Å². The molecular weight excluding hydrogens is 367 g/mol. The summed E-state index contributed by atoms with van der Waals surface area (Å²) in [5, 5.41) is 9.49. The van der Waals surface area contributed by atoms with Crippen molar-refractivity contribution in [3.63, 3.8) is 0 Å². The second-order valence-electron chi connectivity index (χ2n) is 5.08. The molecule has 0 radical (unpaired) electrons. The predicted molar refractivity (Wildman–Crippen MR) is 94.7 cm³/mol. The lowest BCUT2D eigenvalue weighted by molar-refractivity contribution is -0.121. The molecule has 1 aliphatic rings. The van der Waals surface area contributed by atoms with Crippen molar-refractivity contribution in [2.75, 3.05) is 20.1 Å². The molecular formula is C14H29IN4O. The van der Waals surface area contributed by atoms with E-state index < -0.39 is 0 Å². The molecule has 0 aromatic heterocycles. The maximum Gasteiger partial charge on any atom is 0.220 e. The normalized spacial score (nSPS) is 14.4. The highest BCUT2D eigenvalue weighted by atomic mass is 127. The molecule has 0 aromatic rings. The molecule has 20 heavy (non-hydrogen) atoms. The second kappa shape index (κ2) is 12.2. The molecule has 0 atom stereocenters. The van der Waals surface area contributed by atoms with E-state index in [0.717, 1.165) is 38.3 Å². The van der Waals surface area contributed by atoms with Gasteiger partial charge in [-0.2, -0.15) is 0 Å². The Morgan fingerprint density at radius 2 is 1.80 bits per heavy atom. The monoisotopic (exact) mass is 396 g/mol. The fourth-order valence-corrected chi connectivity index (χ4v) is 1.79. The highest BCUT2D eigenvalue weighted by molar-refractivity contribution is 14.0. The highest BCUT2D eigenvalue weighted by Gasteiger charge is 2.22. The third kappa shape index (κ3) is 10.3. The first-order valence-corrected chi connectivity index (χ1v) is 7.50. The zero-order chi connectivity index (χ0) is 13.9. The van der Waals surface area contributed by atoms with Gasteiger partial charge in [-0.3, -0.25) is 9.79 Å². The van der Waals surface area contributed by atoms with Gasteiger partial charge in [-0.15, -0.1) is 24.0 Å². The van der Waals surface area contributed by atoms with E-state index in [4.69, 9.17) is 0 Å². The van der Waals surface area contributed by atoms with E-state index in [1.165, 1.54) is 19.3 Å². The summed E-state index contributed by atoms with van der Waals surface area (Å²) >= 11 is 0. The minimum Gasteiger partial charge on any atom is -0.356 e. The summed E-state index contributed by atoms with van der Waals surface area (Å²) in [4.78, 5) is 15.6. The summed E-state index contributed by atoms with van der Waals surface area (Å²) in [7, 11) is 1.77. The number of unbranched alkanes of at least 4 members (excludes halogenated alkanes) is 2. The van der Waals surface area contributed by atoms with Gasteiger partial charge < -0.3 is 16.0 Å². The Labute approximate surface area is 139 Å². The van der Waals surface area contributed by atoms with Crippen LogP contribution in [0.4, 0.5) is 0 Å². The van der Waals surface area contributed by atoms with E-state index in [1.807, 2.05) is 0 Å². The van der Waals surface area contributed by atoms with Crippen LogP contribution in [0.25, 0.3) is 0 Å². The quantitative estimate of drug-likeness (QED) is 0.242. The molecule has 5 nitrogen and oxygen atoms in total. The number of aliphatic imine (C=N–C) groups is 1. The van der Waals surface area contributed by atoms with Gasteiger partial charge in [0.1, 0.15) is 0 Å².